The predicted octanol–water partition coefficient (Wildman–Crippen LogP) is 2.97. The number of nitrogens with zero attached hydrogens (tertiary/aromatic N) is 1. The Kier molecular flexibility index (Phi) is 6.13. The fourth-order valence-corrected chi connectivity index (χ4v) is 2.98. The van der Waals surface area contributed by atoms with E-state index in [1.54, 1.807) is 4.90 Å². The summed E-state index contributed by atoms with van der Waals surface area (Å²) in [5.74, 6) is 0.353. The van der Waals surface area contributed by atoms with Gasteiger partial charge in [0.1, 0.15) is 0 Å². The van der Waals surface area contributed by atoms with E-state index in [4.69, 9.17) is 0 Å². The number of unbranched alkanes of at least 4 members (excludes halogenated alkanes) is 1. The lowest BCUT2D eigenvalue weighted by Gasteiger charge is -2.31. The molecule has 18 heavy (non-hydrogen) atoms. The third-order valence-corrected chi connectivity index (χ3v) is 4.19. The van der Waals surface area contributed by atoms with Crippen molar-refractivity contribution in [1.82, 2.24) is 4.90 Å². The third-order valence-electron chi connectivity index (χ3n) is 4.19. The van der Waals surface area contributed by atoms with Crippen LogP contribution in [-0.4, -0.2) is 35.1 Å². The summed E-state index contributed by atoms with van der Waals surface area (Å²) >= 11 is 0. The molecule has 0 radical (unpaired) electrons. The first kappa shape index (κ1) is 15.5. The van der Waals surface area contributed by atoms with Crippen LogP contribution in [0.3, 0.4) is 0 Å². The molecule has 0 aromatic rings. The Morgan fingerprint density at radius 1 is 1.33 bits per heavy atom. The highest BCUT2D eigenvalue weighted by atomic mass is 16.3. The average molecular weight is 255 g/mol. The highest BCUT2D eigenvalue weighted by Gasteiger charge is 2.34. The Labute approximate surface area is 112 Å². The third kappa shape index (κ3) is 4.27. The van der Waals surface area contributed by atoms with Crippen molar-refractivity contribution in [2.45, 2.75) is 70.8 Å². The molecule has 1 aliphatic rings. The first-order valence-corrected chi connectivity index (χ1v) is 7.49. The van der Waals surface area contributed by atoms with E-state index in [9.17, 15) is 9.90 Å². The van der Waals surface area contributed by atoms with Crippen LogP contribution in [0, 0.1) is 5.92 Å². The zero-order chi connectivity index (χ0) is 13.6. The highest BCUT2D eigenvalue weighted by molar-refractivity contribution is 5.78. The summed E-state index contributed by atoms with van der Waals surface area (Å²) in [5.41, 5.74) is -0.618. The first-order chi connectivity index (χ1) is 8.52. The smallest absolute Gasteiger partial charge is 0.225 e. The molecule has 0 aromatic heterocycles. The van der Waals surface area contributed by atoms with Crippen LogP contribution >= 0.6 is 0 Å². The minimum atomic E-state index is -0.618. The van der Waals surface area contributed by atoms with E-state index in [2.05, 4.69) is 13.8 Å². The van der Waals surface area contributed by atoms with Crippen LogP contribution < -0.4 is 0 Å². The Hall–Kier alpha value is -0.570. The number of carbonyl (C=O) groups is 1. The van der Waals surface area contributed by atoms with Crippen molar-refractivity contribution < 1.29 is 9.90 Å². The van der Waals surface area contributed by atoms with E-state index in [1.807, 2.05) is 7.05 Å². The van der Waals surface area contributed by atoms with E-state index >= 15 is 0 Å². The number of rotatable bonds is 7. The second-order valence-electron chi connectivity index (χ2n) is 5.87. The van der Waals surface area contributed by atoms with Gasteiger partial charge in [-0.1, -0.05) is 39.5 Å². The fourth-order valence-electron chi connectivity index (χ4n) is 2.98. The molecule has 3 heteroatoms. The average Bonchev–Trinajstić information content (AvgIpc) is 2.76. The zero-order valence-electron chi connectivity index (χ0n) is 12.2. The van der Waals surface area contributed by atoms with Gasteiger partial charge in [-0.3, -0.25) is 4.79 Å². The Balaban J connectivity index is 2.48. The van der Waals surface area contributed by atoms with E-state index in [0.717, 1.165) is 51.4 Å². The van der Waals surface area contributed by atoms with Crippen molar-refractivity contribution in [2.24, 2.45) is 5.92 Å². The molecule has 1 fully saturated rings. The van der Waals surface area contributed by atoms with Crippen molar-refractivity contribution >= 4 is 5.91 Å². The molecule has 1 aliphatic carbocycles. The largest absolute Gasteiger partial charge is 0.388 e. The van der Waals surface area contributed by atoms with Gasteiger partial charge in [-0.2, -0.15) is 0 Å². The summed E-state index contributed by atoms with van der Waals surface area (Å²) in [6.45, 7) is 4.74. The second-order valence-corrected chi connectivity index (χ2v) is 5.87. The maximum Gasteiger partial charge on any atom is 0.225 e. The normalized spacial score (nSPS) is 19.8. The molecule has 3 nitrogen and oxygen atoms in total. The number of hydrogen-bond donors (Lipinski definition) is 1. The van der Waals surface area contributed by atoms with E-state index in [0.29, 0.717) is 6.54 Å². The van der Waals surface area contributed by atoms with Crippen LogP contribution in [-0.2, 0) is 4.79 Å². The maximum absolute atomic E-state index is 12.3. The molecule has 0 spiro atoms. The number of hydrogen-bond acceptors (Lipinski definition) is 2. The fraction of sp³-hybridized carbons (Fsp3) is 0.933. The van der Waals surface area contributed by atoms with Crippen molar-refractivity contribution in [2.75, 3.05) is 13.6 Å². The summed E-state index contributed by atoms with van der Waals surface area (Å²) in [4.78, 5) is 14.1. The standard InChI is InChI=1S/C15H29NO2/c1-4-6-9-13(5-2)14(17)16(3)12-15(18)10-7-8-11-15/h13,18H,4-12H2,1-3H3. The predicted molar refractivity (Wildman–Crippen MR) is 74.4 cm³/mol. The van der Waals surface area contributed by atoms with Crippen LogP contribution in [0.2, 0.25) is 0 Å². The Bertz CT molecular complexity index is 259. The first-order valence-electron chi connectivity index (χ1n) is 7.49. The quantitative estimate of drug-likeness (QED) is 0.760. The molecule has 0 aliphatic heterocycles. The summed E-state index contributed by atoms with van der Waals surface area (Å²) in [7, 11) is 1.84. The molecule has 0 aromatic carbocycles. The van der Waals surface area contributed by atoms with Gasteiger partial charge in [0.05, 0.1) is 5.60 Å². The molecule has 1 rings (SSSR count). The molecular formula is C15H29NO2. The minimum Gasteiger partial charge on any atom is -0.388 e. The van der Waals surface area contributed by atoms with Crippen LogP contribution in [0.15, 0.2) is 0 Å². The van der Waals surface area contributed by atoms with E-state index < -0.39 is 5.60 Å². The minimum absolute atomic E-state index is 0.139. The summed E-state index contributed by atoms with van der Waals surface area (Å²) < 4.78 is 0. The highest BCUT2D eigenvalue weighted by Crippen LogP contribution is 2.30. The van der Waals surface area contributed by atoms with Crippen molar-refractivity contribution in [1.29, 1.82) is 0 Å². The Morgan fingerprint density at radius 3 is 2.44 bits per heavy atom. The zero-order valence-corrected chi connectivity index (χ0v) is 12.2. The van der Waals surface area contributed by atoms with Gasteiger partial charge in [0.15, 0.2) is 0 Å². The van der Waals surface area contributed by atoms with Gasteiger partial charge in [-0.15, -0.1) is 0 Å². The molecule has 106 valence electrons. The summed E-state index contributed by atoms with van der Waals surface area (Å²) in [5, 5.41) is 10.3. The van der Waals surface area contributed by atoms with Crippen LogP contribution in [0.4, 0.5) is 0 Å². The maximum atomic E-state index is 12.3. The second kappa shape index (κ2) is 7.13. The molecule has 1 amide bonds. The molecule has 1 saturated carbocycles. The Morgan fingerprint density at radius 2 is 1.94 bits per heavy atom. The lowest BCUT2D eigenvalue weighted by molar-refractivity contribution is -0.137. The van der Waals surface area contributed by atoms with Crippen LogP contribution in [0.25, 0.3) is 0 Å². The lowest BCUT2D eigenvalue weighted by atomic mass is 9.96. The molecule has 0 heterocycles. The van der Waals surface area contributed by atoms with Crippen molar-refractivity contribution in [3.05, 3.63) is 0 Å². The summed E-state index contributed by atoms with van der Waals surface area (Å²) in [6.07, 6.45) is 8.00. The number of likely N-dealkylation sites (N-methyl/N-ethyl adjacent to an activating group) is 1. The van der Waals surface area contributed by atoms with Gasteiger partial charge in [0.25, 0.3) is 0 Å². The SMILES string of the molecule is CCCCC(CC)C(=O)N(C)CC1(O)CCCC1. The monoisotopic (exact) mass is 255 g/mol. The number of aliphatic hydroxyl groups is 1. The molecule has 1 N–H and O–H groups in total. The molecule has 1 atom stereocenters. The van der Waals surface area contributed by atoms with Gasteiger partial charge in [0, 0.05) is 19.5 Å². The van der Waals surface area contributed by atoms with Crippen molar-refractivity contribution in [3.8, 4) is 0 Å². The van der Waals surface area contributed by atoms with Gasteiger partial charge < -0.3 is 10.0 Å². The molecule has 1 unspecified atom stereocenters. The number of amides is 1. The molecular weight excluding hydrogens is 226 g/mol. The van der Waals surface area contributed by atoms with Gasteiger partial charge in [0.2, 0.25) is 5.91 Å². The molecule has 0 bridgehead atoms. The lowest BCUT2D eigenvalue weighted by Crippen LogP contribution is -2.44. The van der Waals surface area contributed by atoms with Crippen molar-refractivity contribution in [3.63, 3.8) is 0 Å². The molecule has 0 saturated heterocycles. The van der Waals surface area contributed by atoms with E-state index in [1.165, 1.54) is 0 Å². The van der Waals surface area contributed by atoms with E-state index in [-0.39, 0.29) is 11.8 Å². The van der Waals surface area contributed by atoms with Gasteiger partial charge >= 0.3 is 0 Å². The van der Waals surface area contributed by atoms with Gasteiger partial charge in [-0.25, -0.2) is 0 Å². The summed E-state index contributed by atoms with van der Waals surface area (Å²) in [6, 6.07) is 0. The van der Waals surface area contributed by atoms with Gasteiger partial charge in [-0.05, 0) is 25.7 Å². The topological polar surface area (TPSA) is 40.5 Å². The number of carbonyl (C=O) groups excluding carboxylic acids is 1. The van der Waals surface area contributed by atoms with Crippen LogP contribution in [0.5, 0.6) is 0 Å². The van der Waals surface area contributed by atoms with Crippen LogP contribution in [0.1, 0.15) is 65.2 Å².